The minimum absolute atomic E-state index is 0. The second-order valence-corrected chi connectivity index (χ2v) is 24.9. The number of fused-ring (bicyclic) bond motifs is 2. The molecule has 0 fully saturated rings. The van der Waals surface area contributed by atoms with Gasteiger partial charge in [-0.15, -0.1) is 0 Å². The van der Waals surface area contributed by atoms with Gasteiger partial charge in [-0.3, -0.25) is 9.59 Å². The van der Waals surface area contributed by atoms with Crippen molar-refractivity contribution >= 4 is 66.5 Å². The highest BCUT2D eigenvalue weighted by Crippen LogP contribution is 2.38. The van der Waals surface area contributed by atoms with E-state index < -0.39 is 8.32 Å². The quantitative estimate of drug-likeness (QED) is 0.139. The average molecular weight is 997 g/mol. The molecule has 0 unspecified atom stereocenters. The van der Waals surface area contributed by atoms with Gasteiger partial charge in [-0.05, 0) is 90.6 Å². The molecule has 10 nitrogen and oxygen atoms in total. The predicted molar refractivity (Wildman–Crippen MR) is 268 cm³/mol. The molecule has 1 N–H and O–H groups in total. The maximum atomic E-state index is 13.7. The fourth-order valence-electron chi connectivity index (χ4n) is 7.65. The van der Waals surface area contributed by atoms with E-state index in [4.69, 9.17) is 60.3 Å². The first-order chi connectivity index (χ1) is 30.8. The zero-order chi connectivity index (χ0) is 47.6. The third-order valence-corrected chi connectivity index (χ3v) is 18.3. The summed E-state index contributed by atoms with van der Waals surface area (Å²) in [5.74, 6) is 0.473. The molecule has 0 saturated heterocycles. The second kappa shape index (κ2) is 24.1. The monoisotopic (exact) mass is 994 g/mol. The van der Waals surface area contributed by atoms with Crippen LogP contribution >= 0.6 is 46.4 Å². The minimum atomic E-state index is -1.92. The number of ether oxygens (including phenoxy) is 2. The van der Waals surface area contributed by atoms with Crippen molar-refractivity contribution < 1.29 is 28.6 Å². The number of carbonyl (C=O) groups is 2. The fourth-order valence-corrected chi connectivity index (χ4v) is 9.32. The second-order valence-electron chi connectivity index (χ2n) is 18.5. The molecule has 0 radical (unpaired) electrons. The molecule has 0 aliphatic carbocycles. The highest BCUT2D eigenvalue weighted by atomic mass is 35.5. The molecule has 2 amide bonds. The molecule has 4 aromatic carbocycles. The van der Waals surface area contributed by atoms with Crippen molar-refractivity contribution in [2.45, 2.75) is 84.9 Å². The molecule has 6 rings (SSSR count). The van der Waals surface area contributed by atoms with Gasteiger partial charge < -0.3 is 28.8 Å². The van der Waals surface area contributed by atoms with Crippen molar-refractivity contribution in [2.75, 3.05) is 52.6 Å². The smallest absolute Gasteiger partial charge is 0.257 e. The van der Waals surface area contributed by atoms with Gasteiger partial charge in [0.25, 0.3) is 11.8 Å². The zero-order valence-electron chi connectivity index (χ0n) is 38.1. The van der Waals surface area contributed by atoms with Gasteiger partial charge in [0.15, 0.2) is 8.32 Å². The van der Waals surface area contributed by atoms with E-state index in [1.165, 1.54) is 0 Å². The summed E-state index contributed by atoms with van der Waals surface area (Å²) < 4.78 is 18.2. The van der Waals surface area contributed by atoms with E-state index in [0.29, 0.717) is 106 Å². The number of benzene rings is 4. The van der Waals surface area contributed by atoms with Crippen molar-refractivity contribution in [3.63, 3.8) is 0 Å². The van der Waals surface area contributed by atoms with Crippen LogP contribution in [0.25, 0.3) is 0 Å². The van der Waals surface area contributed by atoms with Crippen LogP contribution in [0.5, 0.6) is 11.5 Å². The highest BCUT2D eigenvalue weighted by molar-refractivity contribution is 6.74. The highest BCUT2D eigenvalue weighted by Gasteiger charge is 2.37. The minimum Gasteiger partial charge on any atom is -0.491 e. The largest absolute Gasteiger partial charge is 0.491 e. The maximum absolute atomic E-state index is 13.7. The number of halogens is 4. The Morgan fingerprint density at radius 1 is 0.727 bits per heavy atom. The Kier molecular flexibility index (Phi) is 19.8. The Hall–Kier alpha value is -4.30. The average Bonchev–Trinajstić information content (AvgIpc) is 3.26. The number of nitriles is 2. The molecule has 354 valence electrons. The third kappa shape index (κ3) is 13.7. The molecule has 15 heteroatoms. The molecule has 4 aromatic rings. The predicted octanol–water partition coefficient (Wildman–Crippen LogP) is 12.7. The van der Waals surface area contributed by atoms with Crippen LogP contribution in [0.2, 0.25) is 38.2 Å². The summed E-state index contributed by atoms with van der Waals surface area (Å²) in [6.45, 7) is 18.6. The van der Waals surface area contributed by atoms with E-state index in [0.717, 1.165) is 17.5 Å². The van der Waals surface area contributed by atoms with Gasteiger partial charge in [-0.2, -0.15) is 10.5 Å². The van der Waals surface area contributed by atoms with E-state index >= 15 is 0 Å². The summed E-state index contributed by atoms with van der Waals surface area (Å²) in [6, 6.07) is 25.5. The van der Waals surface area contributed by atoms with Crippen molar-refractivity contribution in [1.82, 2.24) is 9.80 Å². The fraction of sp³-hybridized carbons (Fsp3) is 0.451. The van der Waals surface area contributed by atoms with Gasteiger partial charge in [0.05, 0.1) is 55.6 Å². The Balaban J connectivity index is 0.000000290. The SMILES string of the molecule is C.C[C@H]1COc2c(C#N)cccc2C(=O)N(C[C@@H](CCO)c2ccc(Cl)c(Cl)c2)C1.C[C@H]1COc2c(C#N)cccc2C(=O)N(C[C@@H](CCO[Si](C)(C)C(C)(C)C)c2ccc(Cl)c(Cl)c2)C1. The van der Waals surface area contributed by atoms with Crippen LogP contribution < -0.4 is 9.47 Å². The summed E-state index contributed by atoms with van der Waals surface area (Å²) in [5.41, 5.74) is 3.46. The number of hydrogen-bond acceptors (Lipinski definition) is 8. The Morgan fingerprint density at radius 3 is 1.53 bits per heavy atom. The lowest BCUT2D eigenvalue weighted by molar-refractivity contribution is 0.0657. The number of nitrogens with zero attached hydrogens (tertiary/aromatic N) is 4. The van der Waals surface area contributed by atoms with Crippen LogP contribution in [0.15, 0.2) is 72.8 Å². The van der Waals surface area contributed by atoms with Crippen molar-refractivity contribution in [3.8, 4) is 23.6 Å². The number of amides is 2. The third-order valence-electron chi connectivity index (χ3n) is 12.3. The Morgan fingerprint density at radius 2 is 1.15 bits per heavy atom. The van der Waals surface area contributed by atoms with E-state index in [9.17, 15) is 25.2 Å². The Labute approximate surface area is 412 Å². The van der Waals surface area contributed by atoms with Gasteiger partial charge >= 0.3 is 0 Å². The number of hydrogen-bond donors (Lipinski definition) is 1. The zero-order valence-corrected chi connectivity index (χ0v) is 42.1. The van der Waals surface area contributed by atoms with Crippen LogP contribution in [0.4, 0.5) is 0 Å². The first-order valence-corrected chi connectivity index (χ1v) is 26.3. The van der Waals surface area contributed by atoms with Gasteiger partial charge in [0.2, 0.25) is 0 Å². The lowest BCUT2D eigenvalue weighted by atomic mass is 9.94. The molecule has 0 aromatic heterocycles. The first kappa shape index (κ1) is 54.3. The van der Waals surface area contributed by atoms with Gasteiger partial charge in [-0.25, -0.2) is 0 Å². The van der Waals surface area contributed by atoms with Gasteiger partial charge in [0.1, 0.15) is 23.6 Å². The van der Waals surface area contributed by atoms with Crippen LogP contribution in [-0.2, 0) is 4.43 Å². The normalized spacial score (nSPS) is 17.2. The number of aliphatic hydroxyl groups excluding tert-OH is 1. The lowest BCUT2D eigenvalue weighted by Crippen LogP contribution is -2.42. The van der Waals surface area contributed by atoms with Crippen molar-refractivity contribution in [3.05, 3.63) is 126 Å². The molecule has 2 aliphatic heterocycles. The molecular formula is C51H62Cl4N4O6Si. The van der Waals surface area contributed by atoms with E-state index in [2.05, 4.69) is 52.9 Å². The molecule has 2 aliphatic rings. The summed E-state index contributed by atoms with van der Waals surface area (Å²) in [4.78, 5) is 30.7. The summed E-state index contributed by atoms with van der Waals surface area (Å²) in [7, 11) is -1.92. The van der Waals surface area contributed by atoms with Gasteiger partial charge in [-0.1, -0.05) is 113 Å². The molecular weight excluding hydrogens is 934 g/mol. The van der Waals surface area contributed by atoms with Crippen LogP contribution in [-0.4, -0.2) is 87.6 Å². The van der Waals surface area contributed by atoms with E-state index in [1.807, 2.05) is 30.0 Å². The summed E-state index contributed by atoms with van der Waals surface area (Å²) in [6.07, 6.45) is 1.22. The topological polar surface area (TPSA) is 136 Å². The standard InChI is InChI=1S/C28H36Cl2N2O3Si.C22H22Cl2N2O3.CH4/c1-19-16-32(27(33)23-9-7-8-21(15-31)26(23)34-18-19)17-22(20-10-11-24(29)25(30)14-20)12-13-35-36(5,6)28(2,3)4;1-14-11-26(12-17(7-8-27)15-5-6-19(23)20(24)9-15)22(28)18-4-2-3-16(10-25)21(18)29-13-14;/h7-11,14,19,22H,12-13,16-18H2,1-6H3;2-6,9,14,17,27H,7-8,11-13H2,1H3;1H4/t19-,22-;14-,17-;/m11./s1. The number of carbonyl (C=O) groups excluding carboxylic acids is 2. The van der Waals surface area contributed by atoms with Crippen molar-refractivity contribution in [1.29, 1.82) is 10.5 Å². The molecule has 0 spiro atoms. The van der Waals surface area contributed by atoms with Crippen LogP contribution in [0, 0.1) is 34.5 Å². The van der Waals surface area contributed by atoms with E-state index in [-0.39, 0.29) is 54.6 Å². The molecule has 0 bridgehead atoms. The summed E-state index contributed by atoms with van der Waals surface area (Å²) >= 11 is 24.8. The van der Waals surface area contributed by atoms with Crippen molar-refractivity contribution in [2.24, 2.45) is 11.8 Å². The number of aliphatic hydroxyl groups is 1. The van der Waals surface area contributed by atoms with Gasteiger partial charge in [0, 0.05) is 63.1 Å². The first-order valence-electron chi connectivity index (χ1n) is 21.8. The van der Waals surface area contributed by atoms with Crippen LogP contribution in [0.3, 0.4) is 0 Å². The molecule has 66 heavy (non-hydrogen) atoms. The maximum Gasteiger partial charge on any atom is 0.257 e. The summed E-state index contributed by atoms with van der Waals surface area (Å²) in [5, 5.41) is 30.5. The molecule has 2 heterocycles. The Bertz CT molecular complexity index is 2410. The molecule has 4 atom stereocenters. The van der Waals surface area contributed by atoms with E-state index in [1.54, 1.807) is 59.5 Å². The molecule has 0 saturated carbocycles. The van der Waals surface area contributed by atoms with Crippen LogP contribution in [0.1, 0.15) is 110 Å². The lowest BCUT2D eigenvalue weighted by Gasteiger charge is -2.37. The number of para-hydroxylation sites is 2. The number of rotatable bonds is 12.